The average Bonchev–Trinajstić information content (AvgIpc) is 2.71. The predicted molar refractivity (Wildman–Crippen MR) is 102 cm³/mol. The zero-order valence-corrected chi connectivity index (χ0v) is 15.2. The second kappa shape index (κ2) is 7.98. The molecule has 1 aliphatic heterocycles. The molecule has 144 valence electrons. The van der Waals surface area contributed by atoms with Gasteiger partial charge in [-0.05, 0) is 56.3 Å². The van der Waals surface area contributed by atoms with E-state index in [1.807, 2.05) is 0 Å². The molecule has 1 aliphatic rings. The average molecular weight is 382 g/mol. The predicted octanol–water partition coefficient (Wildman–Crippen LogP) is 3.49. The van der Waals surface area contributed by atoms with Crippen LogP contribution >= 0.6 is 0 Å². The van der Waals surface area contributed by atoms with Crippen LogP contribution in [-0.4, -0.2) is 32.9 Å². The maximum absolute atomic E-state index is 13.9. The SMILES string of the molecule is O=c1cc(C2CCN(Cc3cc(F)ccc3F)CC2)nc(-c2ccncc2)[nH]1. The number of hydrogen-bond acceptors (Lipinski definition) is 4. The molecule has 0 spiro atoms. The van der Waals surface area contributed by atoms with Crippen LogP contribution in [0.4, 0.5) is 8.78 Å². The number of rotatable bonds is 4. The summed E-state index contributed by atoms with van der Waals surface area (Å²) in [6, 6.07) is 8.70. The maximum Gasteiger partial charge on any atom is 0.251 e. The molecule has 0 saturated carbocycles. The summed E-state index contributed by atoms with van der Waals surface area (Å²) in [6.07, 6.45) is 4.93. The molecule has 0 atom stereocenters. The van der Waals surface area contributed by atoms with Crippen LogP contribution in [-0.2, 0) is 6.54 Å². The Balaban J connectivity index is 1.46. The highest BCUT2D eigenvalue weighted by molar-refractivity contribution is 5.53. The minimum Gasteiger partial charge on any atom is -0.307 e. The molecule has 3 heterocycles. The standard InChI is InChI=1S/C21H20F2N4O/c22-17-1-2-18(23)16(11-17)13-27-9-5-14(6-10-27)19-12-20(28)26-21(25-19)15-3-7-24-8-4-15/h1-4,7-8,11-12,14H,5-6,9-10,13H2,(H,25,26,28). The number of halogens is 2. The Kier molecular flexibility index (Phi) is 5.25. The van der Waals surface area contributed by atoms with Crippen molar-refractivity contribution in [2.45, 2.75) is 25.3 Å². The van der Waals surface area contributed by atoms with Crippen molar-refractivity contribution < 1.29 is 8.78 Å². The normalized spacial score (nSPS) is 15.6. The molecular formula is C21H20F2N4O. The molecule has 28 heavy (non-hydrogen) atoms. The zero-order chi connectivity index (χ0) is 19.5. The largest absolute Gasteiger partial charge is 0.307 e. The summed E-state index contributed by atoms with van der Waals surface area (Å²) < 4.78 is 27.2. The van der Waals surface area contributed by atoms with Crippen LogP contribution in [0.25, 0.3) is 11.4 Å². The van der Waals surface area contributed by atoms with Gasteiger partial charge in [0.1, 0.15) is 17.5 Å². The third kappa shape index (κ3) is 4.14. The first kappa shape index (κ1) is 18.4. The van der Waals surface area contributed by atoms with Crippen LogP contribution < -0.4 is 5.56 Å². The van der Waals surface area contributed by atoms with Gasteiger partial charge in [-0.3, -0.25) is 14.7 Å². The summed E-state index contributed by atoms with van der Waals surface area (Å²) in [5, 5.41) is 0. The minimum absolute atomic E-state index is 0.163. The van der Waals surface area contributed by atoms with Crippen molar-refractivity contribution in [1.29, 1.82) is 0 Å². The molecule has 2 aromatic heterocycles. The van der Waals surface area contributed by atoms with E-state index < -0.39 is 5.82 Å². The molecule has 3 aromatic rings. The molecule has 0 aliphatic carbocycles. The summed E-state index contributed by atoms with van der Waals surface area (Å²) in [7, 11) is 0. The molecule has 0 unspecified atom stereocenters. The number of piperidine rings is 1. The Bertz CT molecular complexity index is 1010. The number of nitrogens with one attached hydrogen (secondary N) is 1. The third-order valence-corrected chi connectivity index (χ3v) is 5.12. The van der Waals surface area contributed by atoms with Crippen molar-refractivity contribution in [3.05, 3.63) is 82.0 Å². The van der Waals surface area contributed by atoms with E-state index in [1.165, 1.54) is 6.07 Å². The Morgan fingerprint density at radius 1 is 1.07 bits per heavy atom. The summed E-state index contributed by atoms with van der Waals surface area (Å²) in [5.41, 5.74) is 1.77. The molecule has 1 aromatic carbocycles. The molecule has 5 nitrogen and oxygen atoms in total. The summed E-state index contributed by atoms with van der Waals surface area (Å²) in [4.78, 5) is 25.6. The zero-order valence-electron chi connectivity index (χ0n) is 15.2. The van der Waals surface area contributed by atoms with E-state index in [2.05, 4.69) is 19.9 Å². The molecule has 1 N–H and O–H groups in total. The number of H-pyrrole nitrogens is 1. The molecule has 0 radical (unpaired) electrons. The van der Waals surface area contributed by atoms with Crippen LogP contribution in [0.1, 0.15) is 30.0 Å². The highest BCUT2D eigenvalue weighted by atomic mass is 19.1. The van der Waals surface area contributed by atoms with E-state index in [4.69, 9.17) is 0 Å². The highest BCUT2D eigenvalue weighted by Crippen LogP contribution is 2.28. The van der Waals surface area contributed by atoms with E-state index in [1.54, 1.807) is 30.6 Å². The van der Waals surface area contributed by atoms with Crippen molar-refractivity contribution in [3.63, 3.8) is 0 Å². The first-order chi connectivity index (χ1) is 13.6. The first-order valence-corrected chi connectivity index (χ1v) is 9.26. The molecule has 7 heteroatoms. The summed E-state index contributed by atoms with van der Waals surface area (Å²) in [6.45, 7) is 1.85. The van der Waals surface area contributed by atoms with Crippen molar-refractivity contribution in [3.8, 4) is 11.4 Å². The lowest BCUT2D eigenvalue weighted by Gasteiger charge is -2.31. The lowest BCUT2D eigenvalue weighted by atomic mass is 9.93. The fourth-order valence-electron chi connectivity index (χ4n) is 3.62. The number of benzene rings is 1. The fraction of sp³-hybridized carbons (Fsp3) is 0.286. The van der Waals surface area contributed by atoms with Gasteiger partial charge in [0.05, 0.1) is 5.69 Å². The summed E-state index contributed by atoms with van der Waals surface area (Å²) >= 11 is 0. The molecular weight excluding hydrogens is 362 g/mol. The van der Waals surface area contributed by atoms with E-state index in [-0.39, 0.29) is 17.3 Å². The van der Waals surface area contributed by atoms with Gasteiger partial charge in [0.25, 0.3) is 5.56 Å². The van der Waals surface area contributed by atoms with E-state index in [0.717, 1.165) is 49.3 Å². The van der Waals surface area contributed by atoms with Crippen molar-refractivity contribution in [1.82, 2.24) is 19.9 Å². The van der Waals surface area contributed by atoms with Gasteiger partial charge in [0.2, 0.25) is 0 Å². The first-order valence-electron chi connectivity index (χ1n) is 9.26. The van der Waals surface area contributed by atoms with Crippen molar-refractivity contribution in [2.24, 2.45) is 0 Å². The van der Waals surface area contributed by atoms with Gasteiger partial charge < -0.3 is 4.98 Å². The molecule has 0 amide bonds. The van der Waals surface area contributed by atoms with Gasteiger partial charge in [-0.1, -0.05) is 0 Å². The van der Waals surface area contributed by atoms with Crippen LogP contribution in [0.2, 0.25) is 0 Å². The van der Waals surface area contributed by atoms with Crippen molar-refractivity contribution >= 4 is 0 Å². The van der Waals surface area contributed by atoms with Gasteiger partial charge in [0.15, 0.2) is 0 Å². The van der Waals surface area contributed by atoms with Crippen LogP contribution in [0.3, 0.4) is 0 Å². The van der Waals surface area contributed by atoms with Crippen LogP contribution in [0.5, 0.6) is 0 Å². The molecule has 0 bridgehead atoms. The smallest absolute Gasteiger partial charge is 0.251 e. The summed E-state index contributed by atoms with van der Waals surface area (Å²) in [5.74, 6) is -0.116. The van der Waals surface area contributed by atoms with Gasteiger partial charge in [0, 0.05) is 42.0 Å². The number of aromatic nitrogens is 3. The number of nitrogens with zero attached hydrogens (tertiary/aromatic N) is 3. The van der Waals surface area contributed by atoms with E-state index >= 15 is 0 Å². The van der Waals surface area contributed by atoms with Gasteiger partial charge in [-0.15, -0.1) is 0 Å². The number of likely N-dealkylation sites (tertiary alicyclic amines) is 1. The van der Waals surface area contributed by atoms with Gasteiger partial charge in [-0.2, -0.15) is 0 Å². The highest BCUT2D eigenvalue weighted by Gasteiger charge is 2.23. The topological polar surface area (TPSA) is 61.9 Å². The third-order valence-electron chi connectivity index (χ3n) is 5.12. The fourth-order valence-corrected chi connectivity index (χ4v) is 3.62. The number of pyridine rings is 1. The minimum atomic E-state index is -0.428. The Labute approximate surface area is 161 Å². The van der Waals surface area contributed by atoms with E-state index in [9.17, 15) is 13.6 Å². The maximum atomic E-state index is 13.9. The number of hydrogen-bond donors (Lipinski definition) is 1. The molecule has 1 fully saturated rings. The van der Waals surface area contributed by atoms with Crippen LogP contribution in [0, 0.1) is 11.6 Å². The second-order valence-electron chi connectivity index (χ2n) is 7.04. The lowest BCUT2D eigenvalue weighted by molar-refractivity contribution is 0.201. The van der Waals surface area contributed by atoms with Gasteiger partial charge >= 0.3 is 0 Å². The van der Waals surface area contributed by atoms with Gasteiger partial charge in [-0.25, -0.2) is 13.8 Å². The lowest BCUT2D eigenvalue weighted by Crippen LogP contribution is -2.33. The number of aromatic amines is 1. The van der Waals surface area contributed by atoms with Crippen LogP contribution in [0.15, 0.2) is 53.6 Å². The Morgan fingerprint density at radius 3 is 2.57 bits per heavy atom. The second-order valence-corrected chi connectivity index (χ2v) is 7.04. The monoisotopic (exact) mass is 382 g/mol. The molecule has 1 saturated heterocycles. The van der Waals surface area contributed by atoms with Crippen molar-refractivity contribution in [2.75, 3.05) is 13.1 Å². The Hall–Kier alpha value is -2.93. The van der Waals surface area contributed by atoms with E-state index in [0.29, 0.717) is 17.9 Å². The molecule has 4 rings (SSSR count). The Morgan fingerprint density at radius 2 is 1.82 bits per heavy atom. The quantitative estimate of drug-likeness (QED) is 0.750.